The molecule has 0 saturated heterocycles. The van der Waals surface area contributed by atoms with Crippen molar-refractivity contribution in [3.8, 4) is 5.75 Å². The first-order chi connectivity index (χ1) is 13.5. The van der Waals surface area contributed by atoms with E-state index in [-0.39, 0.29) is 5.75 Å². The predicted octanol–water partition coefficient (Wildman–Crippen LogP) is 4.00. The maximum Gasteiger partial charge on any atom is 0.201 e. The van der Waals surface area contributed by atoms with Crippen molar-refractivity contribution in [2.24, 2.45) is 0 Å². The van der Waals surface area contributed by atoms with Crippen molar-refractivity contribution in [2.75, 3.05) is 11.1 Å². The van der Waals surface area contributed by atoms with E-state index in [4.69, 9.17) is 5.73 Å². The molecule has 6 nitrogen and oxygen atoms in total. The highest BCUT2D eigenvalue weighted by Gasteiger charge is 2.12. The van der Waals surface area contributed by atoms with E-state index >= 15 is 0 Å². The second kappa shape index (κ2) is 7.23. The summed E-state index contributed by atoms with van der Waals surface area (Å²) in [4.78, 5) is 8.88. The zero-order valence-electron chi connectivity index (χ0n) is 16.0. The summed E-state index contributed by atoms with van der Waals surface area (Å²) in [6.45, 7) is 5.03. The summed E-state index contributed by atoms with van der Waals surface area (Å²) < 4.78 is 1.88. The van der Waals surface area contributed by atoms with E-state index < -0.39 is 0 Å². The van der Waals surface area contributed by atoms with Crippen LogP contribution in [0.25, 0.3) is 11.0 Å². The Hall–Kier alpha value is -3.54. The van der Waals surface area contributed by atoms with Gasteiger partial charge in [-0.2, -0.15) is 0 Å². The molecular formula is C22H23N5O. The molecule has 0 fully saturated rings. The first-order valence-electron chi connectivity index (χ1n) is 9.20. The molecule has 0 atom stereocenters. The Morgan fingerprint density at radius 3 is 2.71 bits per heavy atom. The lowest BCUT2D eigenvalue weighted by atomic mass is 10.1. The van der Waals surface area contributed by atoms with E-state index in [0.29, 0.717) is 24.7 Å². The van der Waals surface area contributed by atoms with Crippen LogP contribution in [0, 0.1) is 13.8 Å². The van der Waals surface area contributed by atoms with E-state index in [1.54, 1.807) is 12.1 Å². The molecule has 0 saturated carbocycles. The fraction of sp³-hybridized carbons (Fsp3) is 0.182. The van der Waals surface area contributed by atoms with Crippen molar-refractivity contribution in [3.63, 3.8) is 0 Å². The molecular weight excluding hydrogens is 350 g/mol. The monoisotopic (exact) mass is 373 g/mol. The van der Waals surface area contributed by atoms with Gasteiger partial charge in [0, 0.05) is 17.9 Å². The van der Waals surface area contributed by atoms with Gasteiger partial charge in [0.05, 0.1) is 17.6 Å². The third-order valence-corrected chi connectivity index (χ3v) is 4.75. The molecule has 2 heterocycles. The molecule has 2 aromatic heterocycles. The van der Waals surface area contributed by atoms with Crippen LogP contribution in [0.15, 0.2) is 54.6 Å². The Kier molecular flexibility index (Phi) is 4.61. The average molecular weight is 373 g/mol. The number of fused-ring (bicyclic) bond motifs is 1. The van der Waals surface area contributed by atoms with Gasteiger partial charge in [-0.05, 0) is 61.4 Å². The molecule has 0 aliphatic rings. The predicted molar refractivity (Wildman–Crippen MR) is 112 cm³/mol. The molecule has 0 aliphatic carbocycles. The van der Waals surface area contributed by atoms with Gasteiger partial charge in [0.15, 0.2) is 0 Å². The zero-order valence-corrected chi connectivity index (χ0v) is 16.0. The van der Waals surface area contributed by atoms with Crippen molar-refractivity contribution < 1.29 is 5.11 Å². The SMILES string of the molecule is Cc1cccc(NCc2ccc3nc(N)n(Cc4nc(C)ccc4O)c3c2)c1. The molecule has 0 aliphatic heterocycles. The van der Waals surface area contributed by atoms with E-state index in [1.807, 2.05) is 29.7 Å². The highest BCUT2D eigenvalue weighted by molar-refractivity contribution is 5.79. The van der Waals surface area contributed by atoms with Gasteiger partial charge < -0.3 is 20.7 Å². The van der Waals surface area contributed by atoms with Crippen LogP contribution in [0.2, 0.25) is 0 Å². The third kappa shape index (κ3) is 3.62. The molecule has 2 aromatic carbocycles. The van der Waals surface area contributed by atoms with Crippen LogP contribution in [0.5, 0.6) is 5.75 Å². The molecule has 142 valence electrons. The topological polar surface area (TPSA) is 89.0 Å². The number of nitrogen functional groups attached to an aromatic ring is 1. The minimum atomic E-state index is 0.157. The number of rotatable bonds is 5. The smallest absolute Gasteiger partial charge is 0.201 e. The van der Waals surface area contributed by atoms with Crippen molar-refractivity contribution in [1.82, 2.24) is 14.5 Å². The van der Waals surface area contributed by atoms with E-state index in [1.165, 1.54) is 5.56 Å². The van der Waals surface area contributed by atoms with Crippen LogP contribution >= 0.6 is 0 Å². The van der Waals surface area contributed by atoms with Crippen LogP contribution < -0.4 is 11.1 Å². The Labute approximate surface area is 163 Å². The summed E-state index contributed by atoms with van der Waals surface area (Å²) in [5.74, 6) is 0.561. The number of nitrogens with two attached hydrogens (primary N) is 1. The van der Waals surface area contributed by atoms with Crippen molar-refractivity contribution in [1.29, 1.82) is 0 Å². The maximum atomic E-state index is 10.1. The number of imidazole rings is 1. The molecule has 0 unspecified atom stereocenters. The van der Waals surface area contributed by atoms with Gasteiger partial charge in [-0.1, -0.05) is 18.2 Å². The summed E-state index contributed by atoms with van der Waals surface area (Å²) >= 11 is 0. The van der Waals surface area contributed by atoms with Crippen molar-refractivity contribution >= 4 is 22.7 Å². The van der Waals surface area contributed by atoms with Crippen LogP contribution in [0.4, 0.5) is 11.6 Å². The van der Waals surface area contributed by atoms with Gasteiger partial charge in [0.25, 0.3) is 0 Å². The van der Waals surface area contributed by atoms with Crippen LogP contribution in [0.1, 0.15) is 22.5 Å². The first-order valence-corrected chi connectivity index (χ1v) is 9.20. The summed E-state index contributed by atoms with van der Waals surface area (Å²) in [5.41, 5.74) is 12.7. The molecule has 6 heteroatoms. The number of nitrogens with one attached hydrogen (secondary N) is 1. The lowest BCUT2D eigenvalue weighted by Gasteiger charge is -2.10. The second-order valence-corrected chi connectivity index (χ2v) is 7.02. The van der Waals surface area contributed by atoms with Crippen LogP contribution in [0.3, 0.4) is 0 Å². The number of aromatic hydroxyl groups is 1. The molecule has 0 spiro atoms. The highest BCUT2D eigenvalue weighted by Crippen LogP contribution is 2.24. The highest BCUT2D eigenvalue weighted by atomic mass is 16.3. The quantitative estimate of drug-likeness (QED) is 0.492. The lowest BCUT2D eigenvalue weighted by Crippen LogP contribution is -2.07. The van der Waals surface area contributed by atoms with Gasteiger partial charge in [-0.15, -0.1) is 0 Å². The molecule has 0 radical (unpaired) electrons. The van der Waals surface area contributed by atoms with Gasteiger partial charge in [0.2, 0.25) is 5.95 Å². The Morgan fingerprint density at radius 1 is 1.04 bits per heavy atom. The number of nitrogens with zero attached hydrogens (tertiary/aromatic N) is 3. The number of aryl methyl sites for hydroxylation is 2. The van der Waals surface area contributed by atoms with Crippen LogP contribution in [-0.2, 0) is 13.1 Å². The summed E-state index contributed by atoms with van der Waals surface area (Å²) in [6.07, 6.45) is 0. The van der Waals surface area contributed by atoms with Gasteiger partial charge in [0.1, 0.15) is 11.4 Å². The summed E-state index contributed by atoms with van der Waals surface area (Å²) in [6, 6.07) is 17.8. The lowest BCUT2D eigenvalue weighted by molar-refractivity contribution is 0.461. The molecule has 4 N–H and O–H groups in total. The average Bonchev–Trinajstić information content (AvgIpc) is 2.98. The molecule has 0 bridgehead atoms. The van der Waals surface area contributed by atoms with Gasteiger partial charge in [-0.25, -0.2) is 4.98 Å². The number of hydrogen-bond acceptors (Lipinski definition) is 5. The number of hydrogen-bond donors (Lipinski definition) is 3. The molecule has 4 rings (SSSR count). The normalized spacial score (nSPS) is 11.1. The minimum absolute atomic E-state index is 0.157. The fourth-order valence-electron chi connectivity index (χ4n) is 3.29. The molecule has 28 heavy (non-hydrogen) atoms. The maximum absolute atomic E-state index is 10.1. The van der Waals surface area contributed by atoms with E-state index in [2.05, 4.69) is 46.5 Å². The number of benzene rings is 2. The first kappa shape index (κ1) is 17.9. The number of aromatic nitrogens is 3. The minimum Gasteiger partial charge on any atom is -0.506 e. The Morgan fingerprint density at radius 2 is 1.89 bits per heavy atom. The van der Waals surface area contributed by atoms with E-state index in [0.717, 1.165) is 28.0 Å². The molecule has 4 aromatic rings. The fourth-order valence-corrected chi connectivity index (χ4v) is 3.29. The zero-order chi connectivity index (χ0) is 19.7. The van der Waals surface area contributed by atoms with E-state index in [9.17, 15) is 5.11 Å². The van der Waals surface area contributed by atoms with Gasteiger partial charge in [-0.3, -0.25) is 4.98 Å². The van der Waals surface area contributed by atoms with Crippen molar-refractivity contribution in [2.45, 2.75) is 26.9 Å². The largest absolute Gasteiger partial charge is 0.506 e. The molecule has 0 amide bonds. The summed E-state index contributed by atoms with van der Waals surface area (Å²) in [7, 11) is 0. The van der Waals surface area contributed by atoms with Crippen molar-refractivity contribution in [3.05, 3.63) is 77.1 Å². The van der Waals surface area contributed by atoms with Gasteiger partial charge >= 0.3 is 0 Å². The standard InChI is InChI=1S/C22H23N5O/c1-14-4-3-5-17(10-14)24-12-16-7-8-18-20(11-16)27(22(23)26-18)13-19-21(28)9-6-15(2)25-19/h3-11,24,28H,12-13H2,1-2H3,(H2,23,26). The third-order valence-electron chi connectivity index (χ3n) is 4.75. The Bertz CT molecular complexity index is 1150. The Balaban J connectivity index is 1.63. The second-order valence-electron chi connectivity index (χ2n) is 7.02. The number of anilines is 2. The van der Waals surface area contributed by atoms with Crippen LogP contribution in [-0.4, -0.2) is 19.6 Å². The summed E-state index contributed by atoms with van der Waals surface area (Å²) in [5, 5.41) is 13.6. The number of pyridine rings is 1.